The van der Waals surface area contributed by atoms with Gasteiger partial charge in [-0.2, -0.15) is 0 Å². The van der Waals surface area contributed by atoms with Crippen LogP contribution >= 0.6 is 0 Å². The van der Waals surface area contributed by atoms with Crippen LogP contribution in [0.5, 0.6) is 11.5 Å². The van der Waals surface area contributed by atoms with Gasteiger partial charge in [0.25, 0.3) is 0 Å². The molecule has 0 aliphatic carbocycles. The smallest absolute Gasteiger partial charge is 0.115 e. The Kier molecular flexibility index (Phi) is 5.87. The van der Waals surface area contributed by atoms with E-state index in [2.05, 4.69) is 66.7 Å². The van der Waals surface area contributed by atoms with Gasteiger partial charge in [0.15, 0.2) is 0 Å². The summed E-state index contributed by atoms with van der Waals surface area (Å²) in [6.07, 6.45) is 0. The zero-order valence-electron chi connectivity index (χ0n) is 15.4. The molecule has 0 radical (unpaired) electrons. The number of benzene rings is 2. The molecule has 0 unspecified atom stereocenters. The van der Waals surface area contributed by atoms with E-state index in [0.717, 1.165) is 0 Å². The molecule has 0 bridgehead atoms. The SMILES string of the molecule is Cc1cc(C(C)(C)C)cc(C(C)(C)C)c1.Oc1ccc(O)cc1. The van der Waals surface area contributed by atoms with Crippen LogP contribution in [0.3, 0.4) is 0 Å². The van der Waals surface area contributed by atoms with Gasteiger partial charge in [-0.3, -0.25) is 0 Å². The molecule has 0 fully saturated rings. The standard InChI is InChI=1S/C15H24.C6H6O2/c1-11-8-12(14(2,3)4)10-13(9-11)15(5,6)7;7-5-1-2-6(8)4-3-5/h8-10H,1-7H3;1-4,7-8H. The molecule has 0 atom stereocenters. The molecule has 0 aliphatic heterocycles. The van der Waals surface area contributed by atoms with Crippen molar-refractivity contribution >= 4 is 0 Å². The highest BCUT2D eigenvalue weighted by molar-refractivity contribution is 5.36. The van der Waals surface area contributed by atoms with E-state index in [0.29, 0.717) is 0 Å². The fourth-order valence-electron chi connectivity index (χ4n) is 2.10. The number of phenolic OH excluding ortho intramolecular Hbond substituents is 2. The highest BCUT2D eigenvalue weighted by Gasteiger charge is 2.19. The molecule has 126 valence electrons. The highest BCUT2D eigenvalue weighted by Crippen LogP contribution is 2.29. The van der Waals surface area contributed by atoms with Crippen molar-refractivity contribution in [3.05, 3.63) is 59.2 Å². The molecule has 0 saturated carbocycles. The van der Waals surface area contributed by atoms with Gasteiger partial charge in [-0.15, -0.1) is 0 Å². The summed E-state index contributed by atoms with van der Waals surface area (Å²) in [6.45, 7) is 15.8. The predicted molar refractivity (Wildman–Crippen MR) is 98.4 cm³/mol. The molecular weight excluding hydrogens is 284 g/mol. The van der Waals surface area contributed by atoms with Crippen LogP contribution in [0.2, 0.25) is 0 Å². The van der Waals surface area contributed by atoms with Crippen LogP contribution < -0.4 is 0 Å². The normalized spacial score (nSPS) is 11.6. The average molecular weight is 314 g/mol. The molecule has 0 amide bonds. The Bertz CT molecular complexity index is 573. The zero-order valence-corrected chi connectivity index (χ0v) is 15.4. The van der Waals surface area contributed by atoms with Gasteiger partial charge in [0.1, 0.15) is 11.5 Å². The van der Waals surface area contributed by atoms with Crippen LogP contribution in [0.25, 0.3) is 0 Å². The summed E-state index contributed by atoms with van der Waals surface area (Å²) < 4.78 is 0. The molecule has 2 rings (SSSR count). The van der Waals surface area contributed by atoms with Crippen LogP contribution in [-0.2, 0) is 10.8 Å². The van der Waals surface area contributed by atoms with Crippen molar-refractivity contribution < 1.29 is 10.2 Å². The van der Waals surface area contributed by atoms with Crippen LogP contribution in [0.4, 0.5) is 0 Å². The molecule has 23 heavy (non-hydrogen) atoms. The van der Waals surface area contributed by atoms with Crippen LogP contribution in [-0.4, -0.2) is 10.2 Å². The fourth-order valence-corrected chi connectivity index (χ4v) is 2.10. The monoisotopic (exact) mass is 314 g/mol. The van der Waals surface area contributed by atoms with Gasteiger partial charge < -0.3 is 10.2 Å². The Balaban J connectivity index is 0.000000277. The Morgan fingerprint density at radius 1 is 0.609 bits per heavy atom. The highest BCUT2D eigenvalue weighted by atomic mass is 16.3. The van der Waals surface area contributed by atoms with Gasteiger partial charge in [-0.25, -0.2) is 0 Å². The second kappa shape index (κ2) is 7.08. The Morgan fingerprint density at radius 3 is 1.17 bits per heavy atom. The third kappa shape index (κ3) is 6.35. The summed E-state index contributed by atoms with van der Waals surface area (Å²) >= 11 is 0. The second-order valence-electron chi connectivity index (χ2n) is 8.10. The van der Waals surface area contributed by atoms with Crippen molar-refractivity contribution in [3.63, 3.8) is 0 Å². The van der Waals surface area contributed by atoms with Crippen molar-refractivity contribution in [1.29, 1.82) is 0 Å². The van der Waals surface area contributed by atoms with Gasteiger partial charge in [-0.05, 0) is 53.1 Å². The summed E-state index contributed by atoms with van der Waals surface area (Å²) in [5.41, 5.74) is 4.73. The summed E-state index contributed by atoms with van der Waals surface area (Å²) in [5.74, 6) is 0.339. The lowest BCUT2D eigenvalue weighted by Crippen LogP contribution is -2.16. The summed E-state index contributed by atoms with van der Waals surface area (Å²) in [5, 5.41) is 17.3. The van der Waals surface area contributed by atoms with E-state index in [9.17, 15) is 0 Å². The minimum Gasteiger partial charge on any atom is -0.508 e. The summed E-state index contributed by atoms with van der Waals surface area (Å²) in [4.78, 5) is 0. The van der Waals surface area contributed by atoms with Crippen molar-refractivity contribution in [2.24, 2.45) is 0 Å². The Morgan fingerprint density at radius 2 is 0.913 bits per heavy atom. The van der Waals surface area contributed by atoms with E-state index in [1.54, 1.807) is 0 Å². The molecule has 2 aromatic rings. The van der Waals surface area contributed by atoms with Gasteiger partial charge >= 0.3 is 0 Å². The van der Waals surface area contributed by atoms with Crippen LogP contribution in [0, 0.1) is 6.92 Å². The van der Waals surface area contributed by atoms with Crippen molar-refractivity contribution in [2.75, 3.05) is 0 Å². The minimum absolute atomic E-state index is 0.169. The number of rotatable bonds is 0. The maximum absolute atomic E-state index is 8.65. The molecule has 0 spiro atoms. The fraction of sp³-hybridized carbons (Fsp3) is 0.429. The molecule has 0 aromatic heterocycles. The average Bonchev–Trinajstić information content (AvgIpc) is 2.40. The molecular formula is C21H30O2. The van der Waals surface area contributed by atoms with Crippen molar-refractivity contribution in [1.82, 2.24) is 0 Å². The lowest BCUT2D eigenvalue weighted by molar-refractivity contribution is 0.460. The number of hydrogen-bond acceptors (Lipinski definition) is 2. The van der Waals surface area contributed by atoms with Gasteiger partial charge in [-0.1, -0.05) is 65.3 Å². The third-order valence-corrected chi connectivity index (χ3v) is 3.66. The largest absolute Gasteiger partial charge is 0.508 e. The van der Waals surface area contributed by atoms with Crippen LogP contribution in [0.1, 0.15) is 58.2 Å². The van der Waals surface area contributed by atoms with Gasteiger partial charge in [0.2, 0.25) is 0 Å². The van der Waals surface area contributed by atoms with E-state index in [4.69, 9.17) is 10.2 Å². The van der Waals surface area contributed by atoms with Gasteiger partial charge in [0, 0.05) is 0 Å². The molecule has 2 heteroatoms. The molecule has 2 aromatic carbocycles. The van der Waals surface area contributed by atoms with E-state index >= 15 is 0 Å². The molecule has 0 heterocycles. The Labute approximate surface area is 140 Å². The molecule has 2 N–H and O–H groups in total. The zero-order chi connectivity index (χ0) is 17.8. The molecule has 0 aliphatic rings. The maximum atomic E-state index is 8.65. The first kappa shape index (κ1) is 19.1. The summed E-state index contributed by atoms with van der Waals surface area (Å²) in [6, 6.07) is 12.7. The predicted octanol–water partition coefficient (Wildman–Crippen LogP) is 5.69. The lowest BCUT2D eigenvalue weighted by Gasteiger charge is -2.25. The number of hydrogen-bond donors (Lipinski definition) is 2. The summed E-state index contributed by atoms with van der Waals surface area (Å²) in [7, 11) is 0. The number of aromatic hydroxyl groups is 2. The van der Waals surface area contributed by atoms with E-state index in [-0.39, 0.29) is 22.3 Å². The number of aryl methyl sites for hydroxylation is 1. The van der Waals surface area contributed by atoms with E-state index in [1.165, 1.54) is 41.0 Å². The first-order valence-corrected chi connectivity index (χ1v) is 8.00. The lowest BCUT2D eigenvalue weighted by atomic mass is 9.80. The first-order valence-electron chi connectivity index (χ1n) is 8.00. The van der Waals surface area contributed by atoms with Crippen molar-refractivity contribution in [2.45, 2.75) is 59.3 Å². The second-order valence-corrected chi connectivity index (χ2v) is 8.10. The third-order valence-electron chi connectivity index (χ3n) is 3.66. The topological polar surface area (TPSA) is 40.5 Å². The first-order chi connectivity index (χ1) is 10.4. The van der Waals surface area contributed by atoms with E-state index < -0.39 is 0 Å². The minimum atomic E-state index is 0.169. The van der Waals surface area contributed by atoms with Crippen molar-refractivity contribution in [3.8, 4) is 11.5 Å². The number of phenols is 2. The molecule has 0 saturated heterocycles. The van der Waals surface area contributed by atoms with E-state index in [1.807, 2.05) is 0 Å². The van der Waals surface area contributed by atoms with Gasteiger partial charge in [0.05, 0.1) is 0 Å². The maximum Gasteiger partial charge on any atom is 0.115 e. The Hall–Kier alpha value is -1.96. The quantitative estimate of drug-likeness (QED) is 0.613. The molecule has 2 nitrogen and oxygen atoms in total. The van der Waals surface area contributed by atoms with Crippen LogP contribution in [0.15, 0.2) is 42.5 Å².